The zero-order chi connectivity index (χ0) is 14.4. The smallest absolute Gasteiger partial charge is 0.317 e. The van der Waals surface area contributed by atoms with Crippen LogP contribution in [0.25, 0.3) is 0 Å². The molecule has 0 aromatic heterocycles. The number of carboxylic acids is 1. The summed E-state index contributed by atoms with van der Waals surface area (Å²) in [6.45, 7) is 5.01. The lowest BCUT2D eigenvalue weighted by Gasteiger charge is -2.27. The molecule has 0 unspecified atom stereocenters. The quantitative estimate of drug-likeness (QED) is 0.686. The Morgan fingerprint density at radius 1 is 1.30 bits per heavy atom. The molecular weight excluding hydrogens is 262 g/mol. The van der Waals surface area contributed by atoms with E-state index in [0.29, 0.717) is 13.1 Å². The van der Waals surface area contributed by atoms with Crippen LogP contribution in [0.2, 0.25) is 0 Å². The molecule has 20 heavy (non-hydrogen) atoms. The summed E-state index contributed by atoms with van der Waals surface area (Å²) in [5, 5.41) is 11.6. The Hall–Kier alpha value is -1.34. The highest BCUT2D eigenvalue weighted by Crippen LogP contribution is 2.26. The molecule has 2 amide bonds. The lowest BCUT2D eigenvalue weighted by atomic mass is 10.3. The van der Waals surface area contributed by atoms with Gasteiger partial charge in [0.05, 0.1) is 19.6 Å². The Morgan fingerprint density at radius 2 is 2.00 bits per heavy atom. The van der Waals surface area contributed by atoms with Gasteiger partial charge in [-0.05, 0) is 12.8 Å². The monoisotopic (exact) mass is 285 g/mol. The van der Waals surface area contributed by atoms with Crippen LogP contribution in [0.15, 0.2) is 0 Å². The summed E-state index contributed by atoms with van der Waals surface area (Å²) in [5.41, 5.74) is 0. The van der Waals surface area contributed by atoms with Crippen LogP contribution in [0.4, 0.5) is 4.79 Å². The molecule has 0 radical (unpaired) electrons. The number of hydrogen-bond acceptors (Lipinski definition) is 4. The number of carbonyl (C=O) groups is 2. The van der Waals surface area contributed by atoms with E-state index in [0.717, 1.165) is 45.7 Å². The fourth-order valence-electron chi connectivity index (χ4n) is 2.30. The van der Waals surface area contributed by atoms with Crippen LogP contribution in [0.5, 0.6) is 0 Å². The maximum Gasteiger partial charge on any atom is 0.317 e. The second-order valence-corrected chi connectivity index (χ2v) is 5.25. The van der Waals surface area contributed by atoms with Crippen molar-refractivity contribution >= 4 is 12.0 Å². The third-order valence-corrected chi connectivity index (χ3v) is 3.62. The van der Waals surface area contributed by atoms with Crippen LogP contribution in [0.1, 0.15) is 19.3 Å². The van der Waals surface area contributed by atoms with E-state index in [2.05, 4.69) is 10.2 Å². The topological polar surface area (TPSA) is 82.1 Å². The van der Waals surface area contributed by atoms with E-state index in [-0.39, 0.29) is 18.5 Å². The van der Waals surface area contributed by atoms with Crippen LogP contribution in [0.3, 0.4) is 0 Å². The third-order valence-electron chi connectivity index (χ3n) is 3.62. The summed E-state index contributed by atoms with van der Waals surface area (Å²) in [7, 11) is 0. The van der Waals surface area contributed by atoms with Crippen LogP contribution in [-0.4, -0.2) is 78.9 Å². The number of urea groups is 1. The van der Waals surface area contributed by atoms with E-state index < -0.39 is 5.97 Å². The summed E-state index contributed by atoms with van der Waals surface area (Å²) >= 11 is 0. The van der Waals surface area contributed by atoms with Crippen molar-refractivity contribution in [3.05, 3.63) is 0 Å². The minimum Gasteiger partial charge on any atom is -0.481 e. The molecule has 1 saturated heterocycles. The number of aliphatic carboxylic acids is 1. The lowest BCUT2D eigenvalue weighted by Crippen LogP contribution is -2.46. The molecule has 7 heteroatoms. The zero-order valence-electron chi connectivity index (χ0n) is 11.7. The molecule has 1 heterocycles. The predicted molar refractivity (Wildman–Crippen MR) is 72.6 cm³/mol. The van der Waals surface area contributed by atoms with Crippen molar-refractivity contribution in [3.8, 4) is 0 Å². The molecule has 1 aliphatic carbocycles. The normalized spacial score (nSPS) is 19.6. The van der Waals surface area contributed by atoms with E-state index in [9.17, 15) is 9.59 Å². The minimum atomic E-state index is -0.864. The van der Waals surface area contributed by atoms with E-state index in [1.54, 1.807) is 4.90 Å². The van der Waals surface area contributed by atoms with Gasteiger partial charge in [-0.2, -0.15) is 0 Å². The molecule has 2 N–H and O–H groups in total. The maximum atomic E-state index is 12.1. The van der Waals surface area contributed by atoms with Gasteiger partial charge in [0.15, 0.2) is 0 Å². The number of carboxylic acid groups (broad SMARTS) is 1. The van der Waals surface area contributed by atoms with Crippen LogP contribution < -0.4 is 5.32 Å². The number of nitrogens with one attached hydrogen (secondary N) is 1. The second-order valence-electron chi connectivity index (χ2n) is 5.25. The van der Waals surface area contributed by atoms with Crippen LogP contribution in [0, 0.1) is 0 Å². The highest BCUT2D eigenvalue weighted by Gasteiger charge is 2.32. The average molecular weight is 285 g/mol. The number of ether oxygens (including phenoxy) is 1. The summed E-state index contributed by atoms with van der Waals surface area (Å²) in [5.74, 6) is -0.864. The van der Waals surface area contributed by atoms with Crippen LogP contribution in [-0.2, 0) is 9.53 Å². The van der Waals surface area contributed by atoms with Gasteiger partial charge in [-0.25, -0.2) is 4.79 Å². The van der Waals surface area contributed by atoms with E-state index in [1.807, 2.05) is 0 Å². The summed E-state index contributed by atoms with van der Waals surface area (Å²) < 4.78 is 5.27. The molecule has 0 spiro atoms. The average Bonchev–Trinajstić information content (AvgIpc) is 3.24. The molecular formula is C13H23N3O4. The van der Waals surface area contributed by atoms with E-state index in [4.69, 9.17) is 9.84 Å². The van der Waals surface area contributed by atoms with Crippen molar-refractivity contribution < 1.29 is 19.4 Å². The zero-order valence-corrected chi connectivity index (χ0v) is 11.7. The van der Waals surface area contributed by atoms with Gasteiger partial charge >= 0.3 is 12.0 Å². The minimum absolute atomic E-state index is 0.00733. The van der Waals surface area contributed by atoms with E-state index in [1.165, 1.54) is 0 Å². The van der Waals surface area contributed by atoms with Crippen LogP contribution >= 0.6 is 0 Å². The first kappa shape index (κ1) is 15.1. The molecule has 2 fully saturated rings. The van der Waals surface area contributed by atoms with Gasteiger partial charge in [-0.15, -0.1) is 0 Å². The lowest BCUT2D eigenvalue weighted by molar-refractivity contribution is -0.137. The summed E-state index contributed by atoms with van der Waals surface area (Å²) in [6, 6.07) is 0.0970. The number of carbonyl (C=O) groups excluding carboxylic acids is 1. The maximum absolute atomic E-state index is 12.1. The van der Waals surface area contributed by atoms with Gasteiger partial charge in [0, 0.05) is 38.8 Å². The fourth-order valence-corrected chi connectivity index (χ4v) is 2.30. The molecule has 0 aromatic carbocycles. The Morgan fingerprint density at radius 3 is 2.60 bits per heavy atom. The third kappa shape index (κ3) is 4.97. The number of morpholine rings is 1. The Labute approximate surface area is 118 Å². The van der Waals surface area contributed by atoms with Gasteiger partial charge < -0.3 is 20.1 Å². The van der Waals surface area contributed by atoms with Gasteiger partial charge in [0.25, 0.3) is 0 Å². The van der Waals surface area contributed by atoms with Crippen molar-refractivity contribution in [2.24, 2.45) is 0 Å². The molecule has 0 atom stereocenters. The predicted octanol–water partition coefficient (Wildman–Crippen LogP) is -0.0327. The number of rotatable bonds is 7. The second kappa shape index (κ2) is 7.44. The SMILES string of the molecule is O=C(O)CCN(C(=O)NCCN1CCOCC1)C1CC1. The van der Waals surface area contributed by atoms with Crippen molar-refractivity contribution in [2.45, 2.75) is 25.3 Å². The molecule has 0 bridgehead atoms. The van der Waals surface area contributed by atoms with Gasteiger partial charge in [0.1, 0.15) is 0 Å². The Kier molecular flexibility index (Phi) is 5.60. The van der Waals surface area contributed by atoms with Crippen molar-refractivity contribution in [2.75, 3.05) is 45.9 Å². The Bertz CT molecular complexity index is 341. The molecule has 1 saturated carbocycles. The molecule has 2 rings (SSSR count). The summed E-state index contributed by atoms with van der Waals surface area (Å²) in [6.07, 6.45) is 1.97. The van der Waals surface area contributed by atoms with Gasteiger partial charge in [-0.1, -0.05) is 0 Å². The molecule has 0 aromatic rings. The van der Waals surface area contributed by atoms with Crippen molar-refractivity contribution in [3.63, 3.8) is 0 Å². The molecule has 7 nitrogen and oxygen atoms in total. The molecule has 114 valence electrons. The number of nitrogens with zero attached hydrogens (tertiary/aromatic N) is 2. The highest BCUT2D eigenvalue weighted by molar-refractivity contribution is 5.76. The first-order valence-electron chi connectivity index (χ1n) is 7.23. The standard InChI is InChI=1S/C13H23N3O4/c17-12(18)3-5-16(11-1-2-11)13(19)14-4-6-15-7-9-20-10-8-15/h11H,1-10H2,(H,14,19)(H,17,18). The first-order valence-corrected chi connectivity index (χ1v) is 7.23. The number of amides is 2. The molecule has 2 aliphatic rings. The van der Waals surface area contributed by atoms with Gasteiger partial charge in [-0.3, -0.25) is 9.69 Å². The summed E-state index contributed by atoms with van der Waals surface area (Å²) in [4.78, 5) is 26.6. The Balaban J connectivity index is 1.66. The first-order chi connectivity index (χ1) is 9.66. The molecule has 1 aliphatic heterocycles. The van der Waals surface area contributed by atoms with Crippen molar-refractivity contribution in [1.82, 2.24) is 15.1 Å². The fraction of sp³-hybridized carbons (Fsp3) is 0.846. The highest BCUT2D eigenvalue weighted by atomic mass is 16.5. The van der Waals surface area contributed by atoms with Crippen molar-refractivity contribution in [1.29, 1.82) is 0 Å². The largest absolute Gasteiger partial charge is 0.481 e. The number of hydrogen-bond donors (Lipinski definition) is 2. The van der Waals surface area contributed by atoms with Gasteiger partial charge in [0.2, 0.25) is 0 Å². The van der Waals surface area contributed by atoms with E-state index >= 15 is 0 Å².